The first kappa shape index (κ1) is 18.1. The molecule has 0 heterocycles. The smallest absolute Gasteiger partial charge is 0.263 e. The summed E-state index contributed by atoms with van der Waals surface area (Å²) in [5.74, 6) is 0.421. The first-order valence-corrected chi connectivity index (χ1v) is 7.83. The number of benzene rings is 1. The summed E-state index contributed by atoms with van der Waals surface area (Å²) in [6.45, 7) is 7.33. The number of nitrogens with two attached hydrogens (primary N) is 1. The number of hydrogen-bond acceptors (Lipinski definition) is 3. The maximum absolute atomic E-state index is 12.3. The molecule has 0 aliphatic rings. The van der Waals surface area contributed by atoms with Crippen molar-refractivity contribution in [2.45, 2.75) is 33.3 Å². The second-order valence-electron chi connectivity index (χ2n) is 4.69. The molecule has 21 heavy (non-hydrogen) atoms. The lowest BCUT2D eigenvalue weighted by molar-refractivity contribution is -0.137. The van der Waals surface area contributed by atoms with Crippen LogP contribution in [0.3, 0.4) is 0 Å². The SMILES string of the molecule is CCN(CC)C(=O)C(C)Oc1c(Cl)cc(Cl)cc1CCN. The topological polar surface area (TPSA) is 55.6 Å². The highest BCUT2D eigenvalue weighted by Crippen LogP contribution is 2.33. The Morgan fingerprint density at radius 2 is 1.95 bits per heavy atom. The molecule has 1 aromatic rings. The number of halogens is 2. The second kappa shape index (κ2) is 8.47. The number of hydrogen-bond donors (Lipinski definition) is 1. The van der Waals surface area contributed by atoms with Crippen molar-refractivity contribution in [3.8, 4) is 5.75 Å². The van der Waals surface area contributed by atoms with Gasteiger partial charge in [0, 0.05) is 18.1 Å². The number of rotatable bonds is 7. The average molecular weight is 333 g/mol. The van der Waals surface area contributed by atoms with E-state index in [0.29, 0.717) is 41.8 Å². The Balaban J connectivity index is 2.98. The molecule has 0 radical (unpaired) electrons. The third-order valence-electron chi connectivity index (χ3n) is 3.22. The Labute approximate surface area is 136 Å². The molecule has 118 valence electrons. The van der Waals surface area contributed by atoms with Crippen molar-refractivity contribution >= 4 is 29.1 Å². The van der Waals surface area contributed by atoms with E-state index in [4.69, 9.17) is 33.7 Å². The van der Waals surface area contributed by atoms with Crippen molar-refractivity contribution in [1.82, 2.24) is 4.90 Å². The number of ether oxygens (including phenoxy) is 1. The quantitative estimate of drug-likeness (QED) is 0.834. The molecule has 0 aliphatic carbocycles. The normalized spacial score (nSPS) is 12.1. The molecule has 1 aromatic carbocycles. The fourth-order valence-electron chi connectivity index (χ4n) is 2.11. The first-order chi connectivity index (χ1) is 9.94. The highest BCUT2D eigenvalue weighted by Gasteiger charge is 2.22. The largest absolute Gasteiger partial charge is 0.479 e. The Morgan fingerprint density at radius 1 is 1.33 bits per heavy atom. The molecule has 0 saturated carbocycles. The van der Waals surface area contributed by atoms with E-state index in [-0.39, 0.29) is 5.91 Å². The summed E-state index contributed by atoms with van der Waals surface area (Å²) in [4.78, 5) is 14.0. The molecule has 1 unspecified atom stereocenters. The van der Waals surface area contributed by atoms with Crippen LogP contribution in [0, 0.1) is 0 Å². The lowest BCUT2D eigenvalue weighted by Crippen LogP contribution is -2.40. The zero-order valence-electron chi connectivity index (χ0n) is 12.7. The first-order valence-electron chi connectivity index (χ1n) is 7.07. The van der Waals surface area contributed by atoms with Gasteiger partial charge in [-0.2, -0.15) is 0 Å². The van der Waals surface area contributed by atoms with Crippen molar-refractivity contribution in [3.63, 3.8) is 0 Å². The van der Waals surface area contributed by atoms with Gasteiger partial charge in [0.2, 0.25) is 0 Å². The van der Waals surface area contributed by atoms with Crippen LogP contribution < -0.4 is 10.5 Å². The van der Waals surface area contributed by atoms with Crippen LogP contribution in [-0.4, -0.2) is 36.5 Å². The minimum atomic E-state index is -0.611. The number of amides is 1. The molecule has 0 aromatic heterocycles. The van der Waals surface area contributed by atoms with Gasteiger partial charge in [0.15, 0.2) is 6.10 Å². The fourth-order valence-corrected chi connectivity index (χ4v) is 2.69. The van der Waals surface area contributed by atoms with E-state index in [1.807, 2.05) is 13.8 Å². The van der Waals surface area contributed by atoms with Gasteiger partial charge in [-0.05, 0) is 51.4 Å². The molecule has 1 atom stereocenters. The summed E-state index contributed by atoms with van der Waals surface area (Å²) >= 11 is 12.2. The number of likely N-dealkylation sites (N-methyl/N-ethyl adjacent to an activating group) is 1. The van der Waals surface area contributed by atoms with Crippen molar-refractivity contribution in [1.29, 1.82) is 0 Å². The summed E-state index contributed by atoms with van der Waals surface area (Å²) < 4.78 is 5.79. The van der Waals surface area contributed by atoms with Crippen LogP contribution in [0.5, 0.6) is 5.75 Å². The third kappa shape index (κ3) is 4.77. The van der Waals surface area contributed by atoms with Crippen LogP contribution in [0.25, 0.3) is 0 Å². The molecule has 1 rings (SSSR count). The van der Waals surface area contributed by atoms with Gasteiger partial charge < -0.3 is 15.4 Å². The molecule has 6 heteroatoms. The molecule has 0 spiro atoms. The van der Waals surface area contributed by atoms with Gasteiger partial charge in [0.05, 0.1) is 5.02 Å². The van der Waals surface area contributed by atoms with Crippen molar-refractivity contribution in [3.05, 3.63) is 27.7 Å². The van der Waals surface area contributed by atoms with Gasteiger partial charge in [-0.3, -0.25) is 4.79 Å². The zero-order chi connectivity index (χ0) is 16.0. The molecule has 0 aliphatic heterocycles. The Morgan fingerprint density at radius 3 is 2.48 bits per heavy atom. The standard InChI is InChI=1S/C15H22Cl2N2O2/c1-4-19(5-2)15(20)10(3)21-14-11(6-7-18)8-12(16)9-13(14)17/h8-10H,4-7,18H2,1-3H3. The van der Waals surface area contributed by atoms with Gasteiger partial charge in [-0.1, -0.05) is 23.2 Å². The molecule has 0 fully saturated rings. The van der Waals surface area contributed by atoms with E-state index in [0.717, 1.165) is 5.56 Å². The van der Waals surface area contributed by atoms with Crippen molar-refractivity contribution in [2.75, 3.05) is 19.6 Å². The van der Waals surface area contributed by atoms with Gasteiger partial charge in [-0.15, -0.1) is 0 Å². The Bertz CT molecular complexity index is 491. The lowest BCUT2D eigenvalue weighted by atomic mass is 10.1. The molecular formula is C15H22Cl2N2O2. The second-order valence-corrected chi connectivity index (χ2v) is 5.53. The number of nitrogens with zero attached hydrogens (tertiary/aromatic N) is 1. The van der Waals surface area contributed by atoms with Crippen LogP contribution >= 0.6 is 23.2 Å². The monoisotopic (exact) mass is 332 g/mol. The maximum Gasteiger partial charge on any atom is 0.263 e. The van der Waals surface area contributed by atoms with Gasteiger partial charge in [0.1, 0.15) is 5.75 Å². The molecular weight excluding hydrogens is 311 g/mol. The van der Waals surface area contributed by atoms with E-state index in [1.54, 1.807) is 24.0 Å². The maximum atomic E-state index is 12.3. The van der Waals surface area contributed by atoms with Gasteiger partial charge in [-0.25, -0.2) is 0 Å². The minimum Gasteiger partial charge on any atom is -0.479 e. The van der Waals surface area contributed by atoms with Crippen LogP contribution in [-0.2, 0) is 11.2 Å². The fraction of sp³-hybridized carbons (Fsp3) is 0.533. The Kier molecular flexibility index (Phi) is 7.29. The number of carbonyl (C=O) groups excluding carboxylic acids is 1. The molecule has 1 amide bonds. The summed E-state index contributed by atoms with van der Waals surface area (Å²) in [7, 11) is 0. The molecule has 0 saturated heterocycles. The van der Waals surface area contributed by atoms with E-state index < -0.39 is 6.10 Å². The van der Waals surface area contributed by atoms with Crippen molar-refractivity contribution in [2.24, 2.45) is 5.73 Å². The minimum absolute atomic E-state index is 0.0651. The van der Waals surface area contributed by atoms with E-state index in [2.05, 4.69) is 0 Å². The van der Waals surface area contributed by atoms with E-state index >= 15 is 0 Å². The predicted octanol–water partition coefficient (Wildman–Crippen LogP) is 3.13. The highest BCUT2D eigenvalue weighted by atomic mass is 35.5. The molecule has 0 bridgehead atoms. The third-order valence-corrected chi connectivity index (χ3v) is 3.72. The summed E-state index contributed by atoms with van der Waals surface area (Å²) in [6.07, 6.45) is -0.0259. The summed E-state index contributed by atoms with van der Waals surface area (Å²) in [5.41, 5.74) is 6.41. The summed E-state index contributed by atoms with van der Waals surface area (Å²) in [5, 5.41) is 0.920. The van der Waals surface area contributed by atoms with Gasteiger partial charge in [0.25, 0.3) is 5.91 Å². The van der Waals surface area contributed by atoms with Gasteiger partial charge >= 0.3 is 0 Å². The highest BCUT2D eigenvalue weighted by molar-refractivity contribution is 6.35. The lowest BCUT2D eigenvalue weighted by Gasteiger charge is -2.24. The zero-order valence-corrected chi connectivity index (χ0v) is 14.2. The van der Waals surface area contributed by atoms with Crippen molar-refractivity contribution < 1.29 is 9.53 Å². The van der Waals surface area contributed by atoms with Crippen LogP contribution in [0.4, 0.5) is 0 Å². The molecule has 2 N–H and O–H groups in total. The average Bonchev–Trinajstić information content (AvgIpc) is 2.43. The van der Waals surface area contributed by atoms with E-state index in [9.17, 15) is 4.79 Å². The van der Waals surface area contributed by atoms with E-state index in [1.165, 1.54) is 0 Å². The molecule has 4 nitrogen and oxygen atoms in total. The van der Waals surface area contributed by atoms with Crippen LogP contribution in [0.2, 0.25) is 10.0 Å². The summed E-state index contributed by atoms with van der Waals surface area (Å²) in [6, 6.07) is 3.37. The predicted molar refractivity (Wildman–Crippen MR) is 87.2 cm³/mol. The number of carbonyl (C=O) groups is 1. The Hall–Kier alpha value is -0.970. The van der Waals surface area contributed by atoms with Crippen LogP contribution in [0.15, 0.2) is 12.1 Å². The van der Waals surface area contributed by atoms with Crippen LogP contribution in [0.1, 0.15) is 26.3 Å².